The topological polar surface area (TPSA) is 103 Å². The number of para-hydroxylation sites is 1. The molecule has 9 nitrogen and oxygen atoms in total. The summed E-state index contributed by atoms with van der Waals surface area (Å²) in [6, 6.07) is 21.0. The second kappa shape index (κ2) is 13.0. The smallest absolute Gasteiger partial charge is 0.275 e. The van der Waals surface area contributed by atoms with E-state index < -0.39 is 11.9 Å². The second-order valence-corrected chi connectivity index (χ2v) is 8.56. The van der Waals surface area contributed by atoms with Gasteiger partial charge in [0.1, 0.15) is 17.5 Å². The first-order valence-corrected chi connectivity index (χ1v) is 12.3. The van der Waals surface area contributed by atoms with Gasteiger partial charge in [0.2, 0.25) is 5.91 Å². The van der Waals surface area contributed by atoms with Gasteiger partial charge in [-0.25, -0.2) is 4.98 Å². The molecule has 1 atom stereocenters. The number of amides is 2. The lowest BCUT2D eigenvalue weighted by Gasteiger charge is -2.32. The lowest BCUT2D eigenvalue weighted by molar-refractivity contribution is -0.126. The average Bonchev–Trinajstić information content (AvgIpc) is 3.00. The van der Waals surface area contributed by atoms with E-state index in [-0.39, 0.29) is 24.7 Å². The number of carbonyl (C=O) groups is 2. The Morgan fingerprint density at radius 2 is 1.56 bits per heavy atom. The molecule has 0 fully saturated rings. The van der Waals surface area contributed by atoms with Gasteiger partial charge in [0.05, 0.1) is 34.1 Å². The molecule has 0 aliphatic carbocycles. The summed E-state index contributed by atoms with van der Waals surface area (Å²) in [5.41, 5.74) is 2.28. The maximum atomic E-state index is 14.0. The highest BCUT2D eigenvalue weighted by atomic mass is 16.5. The highest BCUT2D eigenvalue weighted by molar-refractivity contribution is 5.96. The monoisotopic (exact) mass is 526 g/mol. The lowest BCUT2D eigenvalue weighted by atomic mass is 10.0. The molecule has 0 saturated heterocycles. The van der Waals surface area contributed by atoms with Crippen LogP contribution in [0, 0.1) is 0 Å². The first kappa shape index (κ1) is 27.1. The summed E-state index contributed by atoms with van der Waals surface area (Å²) in [5, 5.41) is 2.99. The van der Waals surface area contributed by atoms with Crippen LogP contribution < -0.4 is 19.5 Å². The Morgan fingerprint density at radius 1 is 0.846 bits per heavy atom. The number of hydrogen-bond donors (Lipinski definition) is 1. The van der Waals surface area contributed by atoms with Crippen LogP contribution in [0.1, 0.15) is 33.2 Å². The van der Waals surface area contributed by atoms with Gasteiger partial charge in [0.25, 0.3) is 5.91 Å². The van der Waals surface area contributed by atoms with Crippen LogP contribution in [0.5, 0.6) is 17.2 Å². The maximum absolute atomic E-state index is 14.0. The first-order chi connectivity index (χ1) is 19.0. The fourth-order valence-electron chi connectivity index (χ4n) is 4.23. The third kappa shape index (κ3) is 6.51. The SMILES string of the molecule is COc1ccccc1CN(C(=O)c1cnccn1)C(C(=O)NCc1ccccc1)c1ccc(OC)c(OC)c1. The van der Waals surface area contributed by atoms with E-state index in [0.717, 1.165) is 11.1 Å². The van der Waals surface area contributed by atoms with E-state index in [1.165, 1.54) is 37.7 Å². The normalized spacial score (nSPS) is 11.3. The van der Waals surface area contributed by atoms with E-state index in [0.29, 0.717) is 22.8 Å². The van der Waals surface area contributed by atoms with Gasteiger partial charge in [-0.05, 0) is 29.3 Å². The first-order valence-electron chi connectivity index (χ1n) is 12.3. The van der Waals surface area contributed by atoms with Crippen LogP contribution in [0.3, 0.4) is 0 Å². The van der Waals surface area contributed by atoms with Crippen LogP contribution in [0.4, 0.5) is 0 Å². The van der Waals surface area contributed by atoms with Crippen LogP contribution >= 0.6 is 0 Å². The van der Waals surface area contributed by atoms with Crippen molar-refractivity contribution in [1.82, 2.24) is 20.2 Å². The van der Waals surface area contributed by atoms with Crippen molar-refractivity contribution in [3.05, 3.63) is 114 Å². The van der Waals surface area contributed by atoms with Crippen LogP contribution in [0.2, 0.25) is 0 Å². The van der Waals surface area contributed by atoms with E-state index in [2.05, 4.69) is 15.3 Å². The molecule has 2 amide bonds. The van der Waals surface area contributed by atoms with Crippen molar-refractivity contribution in [3.63, 3.8) is 0 Å². The molecule has 9 heteroatoms. The van der Waals surface area contributed by atoms with Gasteiger partial charge < -0.3 is 24.4 Å². The van der Waals surface area contributed by atoms with Crippen molar-refractivity contribution in [2.75, 3.05) is 21.3 Å². The molecule has 1 N–H and O–H groups in total. The predicted molar refractivity (Wildman–Crippen MR) is 145 cm³/mol. The molecule has 39 heavy (non-hydrogen) atoms. The van der Waals surface area contributed by atoms with E-state index in [4.69, 9.17) is 14.2 Å². The summed E-state index contributed by atoms with van der Waals surface area (Å²) < 4.78 is 16.5. The van der Waals surface area contributed by atoms with Crippen LogP contribution in [-0.4, -0.2) is 48.0 Å². The van der Waals surface area contributed by atoms with E-state index in [1.807, 2.05) is 48.5 Å². The largest absolute Gasteiger partial charge is 0.496 e. The van der Waals surface area contributed by atoms with Crippen molar-refractivity contribution in [1.29, 1.82) is 0 Å². The zero-order chi connectivity index (χ0) is 27.6. The summed E-state index contributed by atoms with van der Waals surface area (Å²) in [7, 11) is 4.61. The molecule has 0 radical (unpaired) electrons. The second-order valence-electron chi connectivity index (χ2n) is 8.56. The highest BCUT2D eigenvalue weighted by Gasteiger charge is 2.34. The highest BCUT2D eigenvalue weighted by Crippen LogP contribution is 2.34. The van der Waals surface area contributed by atoms with Gasteiger partial charge in [0.15, 0.2) is 11.5 Å². The van der Waals surface area contributed by atoms with Gasteiger partial charge in [0, 0.05) is 24.5 Å². The molecular formula is C30H30N4O5. The van der Waals surface area contributed by atoms with Gasteiger partial charge in [-0.2, -0.15) is 0 Å². The maximum Gasteiger partial charge on any atom is 0.275 e. The van der Waals surface area contributed by atoms with Crippen LogP contribution in [-0.2, 0) is 17.9 Å². The summed E-state index contributed by atoms with van der Waals surface area (Å²) in [6.45, 7) is 0.350. The third-order valence-corrected chi connectivity index (χ3v) is 6.17. The van der Waals surface area contributed by atoms with Crippen molar-refractivity contribution in [3.8, 4) is 17.2 Å². The molecule has 0 aliphatic heterocycles. The number of nitrogens with zero attached hydrogens (tertiary/aromatic N) is 3. The fraction of sp³-hybridized carbons (Fsp3) is 0.200. The zero-order valence-corrected chi connectivity index (χ0v) is 22.0. The van der Waals surface area contributed by atoms with Crippen molar-refractivity contribution in [2.45, 2.75) is 19.1 Å². The molecule has 200 valence electrons. The van der Waals surface area contributed by atoms with Crippen molar-refractivity contribution < 1.29 is 23.8 Å². The Morgan fingerprint density at radius 3 is 2.26 bits per heavy atom. The Bertz CT molecular complexity index is 1400. The molecule has 1 heterocycles. The Labute approximate surface area is 227 Å². The number of ether oxygens (including phenoxy) is 3. The molecule has 0 aliphatic rings. The molecule has 3 aromatic carbocycles. The number of hydrogen-bond acceptors (Lipinski definition) is 7. The Hall–Kier alpha value is -4.92. The number of rotatable bonds is 11. The van der Waals surface area contributed by atoms with Gasteiger partial charge in [-0.3, -0.25) is 14.6 Å². The van der Waals surface area contributed by atoms with E-state index in [9.17, 15) is 9.59 Å². The molecule has 4 rings (SSSR count). The lowest BCUT2D eigenvalue weighted by Crippen LogP contribution is -2.43. The number of benzene rings is 3. The standard InChI is InChI=1S/C30H30N4O5/c1-37-25-12-8-7-11-23(25)20-34(30(36)24-19-31-15-16-32-24)28(22-13-14-26(38-2)27(17-22)39-3)29(35)33-18-21-9-5-4-6-10-21/h4-17,19,28H,18,20H2,1-3H3,(H,33,35). The summed E-state index contributed by atoms with van der Waals surface area (Å²) in [4.78, 5) is 37.6. The minimum absolute atomic E-state index is 0.0667. The summed E-state index contributed by atoms with van der Waals surface area (Å²) in [6.07, 6.45) is 4.31. The number of carbonyl (C=O) groups excluding carboxylic acids is 2. The minimum atomic E-state index is -1.05. The molecule has 0 spiro atoms. The zero-order valence-electron chi connectivity index (χ0n) is 22.0. The van der Waals surface area contributed by atoms with Crippen LogP contribution in [0.15, 0.2) is 91.4 Å². The Balaban J connectivity index is 1.81. The Kier molecular flexibility index (Phi) is 9.07. The molecular weight excluding hydrogens is 496 g/mol. The number of nitrogens with one attached hydrogen (secondary N) is 1. The third-order valence-electron chi connectivity index (χ3n) is 6.17. The quantitative estimate of drug-likeness (QED) is 0.312. The molecule has 0 bridgehead atoms. The average molecular weight is 527 g/mol. The summed E-state index contributed by atoms with van der Waals surface area (Å²) in [5.74, 6) is 0.674. The molecule has 0 saturated carbocycles. The number of methoxy groups -OCH3 is 3. The minimum Gasteiger partial charge on any atom is -0.496 e. The molecule has 4 aromatic rings. The van der Waals surface area contributed by atoms with Gasteiger partial charge in [-0.15, -0.1) is 0 Å². The van der Waals surface area contributed by atoms with Gasteiger partial charge in [-0.1, -0.05) is 54.6 Å². The molecule has 1 aromatic heterocycles. The summed E-state index contributed by atoms with van der Waals surface area (Å²) >= 11 is 0. The molecule has 1 unspecified atom stereocenters. The van der Waals surface area contributed by atoms with E-state index in [1.54, 1.807) is 31.4 Å². The van der Waals surface area contributed by atoms with E-state index >= 15 is 0 Å². The van der Waals surface area contributed by atoms with Crippen molar-refractivity contribution >= 4 is 11.8 Å². The van der Waals surface area contributed by atoms with Crippen molar-refractivity contribution in [2.24, 2.45) is 0 Å². The fourth-order valence-corrected chi connectivity index (χ4v) is 4.23. The predicted octanol–water partition coefficient (Wildman–Crippen LogP) is 4.20. The number of aromatic nitrogens is 2. The van der Waals surface area contributed by atoms with Gasteiger partial charge >= 0.3 is 0 Å². The van der Waals surface area contributed by atoms with Crippen LogP contribution in [0.25, 0.3) is 0 Å².